The van der Waals surface area contributed by atoms with Crippen LogP contribution in [0.1, 0.15) is 62.1 Å². The normalized spacial score (nSPS) is 15.2. The molecule has 0 heterocycles. The number of carbonyl (C=O) groups is 2. The van der Waals surface area contributed by atoms with Crippen molar-refractivity contribution in [3.05, 3.63) is 69.2 Å². The lowest BCUT2D eigenvalue weighted by atomic mass is 9.95. The summed E-state index contributed by atoms with van der Waals surface area (Å²) < 4.78 is 0. The summed E-state index contributed by atoms with van der Waals surface area (Å²) in [6.45, 7) is 4.37. The molecular weight excluding hydrogens is 443 g/mol. The average Bonchev–Trinajstić information content (AvgIpc) is 2.77. The third-order valence-corrected chi connectivity index (χ3v) is 6.85. The molecule has 0 bridgehead atoms. The molecule has 0 aromatic heterocycles. The summed E-state index contributed by atoms with van der Waals surface area (Å²) >= 11 is 12.2. The van der Waals surface area contributed by atoms with E-state index in [1.165, 1.54) is 6.42 Å². The monoisotopic (exact) mass is 474 g/mol. The maximum Gasteiger partial charge on any atom is 0.243 e. The Labute approximate surface area is 201 Å². The highest BCUT2D eigenvalue weighted by Gasteiger charge is 2.30. The van der Waals surface area contributed by atoms with Gasteiger partial charge in [0, 0.05) is 12.6 Å². The lowest BCUT2D eigenvalue weighted by molar-refractivity contribution is -0.141. The molecule has 2 aromatic rings. The number of halogens is 2. The van der Waals surface area contributed by atoms with E-state index in [9.17, 15) is 9.59 Å². The lowest BCUT2D eigenvalue weighted by Crippen LogP contribution is -2.51. The zero-order valence-electron chi connectivity index (χ0n) is 18.9. The molecule has 6 heteroatoms. The number of benzene rings is 2. The molecule has 1 atom stereocenters. The maximum atomic E-state index is 13.5. The summed E-state index contributed by atoms with van der Waals surface area (Å²) in [6.07, 6.45) is 6.25. The molecule has 172 valence electrons. The molecule has 1 N–H and O–H groups in total. The van der Waals surface area contributed by atoms with E-state index in [4.69, 9.17) is 23.2 Å². The van der Waals surface area contributed by atoms with Gasteiger partial charge >= 0.3 is 0 Å². The minimum atomic E-state index is -0.521. The van der Waals surface area contributed by atoms with Gasteiger partial charge in [0.05, 0.1) is 16.5 Å². The van der Waals surface area contributed by atoms with E-state index in [0.717, 1.165) is 42.4 Å². The van der Waals surface area contributed by atoms with E-state index in [1.807, 2.05) is 32.0 Å². The van der Waals surface area contributed by atoms with E-state index >= 15 is 0 Å². The van der Waals surface area contributed by atoms with Crippen LogP contribution in [0.2, 0.25) is 10.0 Å². The van der Waals surface area contributed by atoms with Crippen LogP contribution in [0.5, 0.6) is 0 Å². The summed E-state index contributed by atoms with van der Waals surface area (Å²) in [4.78, 5) is 28.4. The number of hydrogen-bond acceptors (Lipinski definition) is 2. The second-order valence-electron chi connectivity index (χ2n) is 8.70. The first-order chi connectivity index (χ1) is 15.4. The Balaban J connectivity index is 1.82. The predicted octanol–water partition coefficient (Wildman–Crippen LogP) is 6.10. The first-order valence-corrected chi connectivity index (χ1v) is 12.2. The van der Waals surface area contributed by atoms with Gasteiger partial charge in [-0.3, -0.25) is 9.59 Å². The molecule has 0 radical (unpaired) electrons. The molecule has 1 saturated carbocycles. The van der Waals surface area contributed by atoms with Gasteiger partial charge in [-0.05, 0) is 49.4 Å². The number of carbonyl (C=O) groups excluding carboxylic acids is 2. The summed E-state index contributed by atoms with van der Waals surface area (Å²) in [7, 11) is 0. The fraction of sp³-hybridized carbons (Fsp3) is 0.462. The molecule has 2 amide bonds. The van der Waals surface area contributed by atoms with Crippen LogP contribution in [0, 0.1) is 6.92 Å². The largest absolute Gasteiger partial charge is 0.352 e. The minimum Gasteiger partial charge on any atom is -0.352 e. The molecule has 4 nitrogen and oxygen atoms in total. The van der Waals surface area contributed by atoms with Gasteiger partial charge in [0.15, 0.2) is 0 Å². The molecule has 0 saturated heterocycles. The molecule has 0 unspecified atom stereocenters. The number of nitrogens with one attached hydrogen (secondary N) is 1. The number of aryl methyl sites for hydroxylation is 1. The van der Waals surface area contributed by atoms with Gasteiger partial charge < -0.3 is 10.2 Å². The van der Waals surface area contributed by atoms with Gasteiger partial charge in [-0.2, -0.15) is 0 Å². The first-order valence-electron chi connectivity index (χ1n) is 11.5. The quantitative estimate of drug-likeness (QED) is 0.502. The van der Waals surface area contributed by atoms with E-state index in [0.29, 0.717) is 23.0 Å². The Bertz CT molecular complexity index is 941. The molecule has 3 rings (SSSR count). The topological polar surface area (TPSA) is 49.4 Å². The molecule has 1 aliphatic carbocycles. The van der Waals surface area contributed by atoms with Crippen LogP contribution >= 0.6 is 23.2 Å². The SMILES string of the molecule is CC[C@@H](C(=O)NC1CCCCC1)N(Cc1cccc(C)c1)C(=O)Cc1ccc(Cl)c(Cl)c1. The van der Waals surface area contributed by atoms with Crippen molar-refractivity contribution in [2.24, 2.45) is 0 Å². The van der Waals surface area contributed by atoms with Crippen molar-refractivity contribution in [3.8, 4) is 0 Å². The fourth-order valence-electron chi connectivity index (χ4n) is 4.40. The van der Waals surface area contributed by atoms with Crippen LogP contribution in [0.4, 0.5) is 0 Å². The Kier molecular flexibility index (Phi) is 9.01. The van der Waals surface area contributed by atoms with Crippen LogP contribution in [-0.4, -0.2) is 28.8 Å². The highest BCUT2D eigenvalue weighted by molar-refractivity contribution is 6.42. The first kappa shape index (κ1) is 24.6. The lowest BCUT2D eigenvalue weighted by Gasteiger charge is -2.33. The molecule has 1 aliphatic rings. The molecule has 32 heavy (non-hydrogen) atoms. The number of nitrogens with zero attached hydrogens (tertiary/aromatic N) is 1. The summed E-state index contributed by atoms with van der Waals surface area (Å²) in [5.74, 6) is -0.162. The number of rotatable bonds is 8. The second-order valence-corrected chi connectivity index (χ2v) is 9.52. The van der Waals surface area contributed by atoms with Gasteiger partial charge in [-0.25, -0.2) is 0 Å². The van der Waals surface area contributed by atoms with Gasteiger partial charge in [0.1, 0.15) is 6.04 Å². The summed E-state index contributed by atoms with van der Waals surface area (Å²) in [5.41, 5.74) is 2.91. The molecule has 0 aliphatic heterocycles. The smallest absolute Gasteiger partial charge is 0.243 e. The van der Waals surface area contributed by atoms with Gasteiger partial charge in [-0.15, -0.1) is 0 Å². The third-order valence-electron chi connectivity index (χ3n) is 6.11. The molecule has 1 fully saturated rings. The van der Waals surface area contributed by atoms with Crippen molar-refractivity contribution < 1.29 is 9.59 Å². The van der Waals surface area contributed by atoms with Crippen LogP contribution < -0.4 is 5.32 Å². The average molecular weight is 475 g/mol. The van der Waals surface area contributed by atoms with Crippen molar-refractivity contribution >= 4 is 35.0 Å². The minimum absolute atomic E-state index is 0.0606. The number of hydrogen-bond donors (Lipinski definition) is 1. The van der Waals surface area contributed by atoms with Gasteiger partial charge in [0.2, 0.25) is 11.8 Å². The van der Waals surface area contributed by atoms with E-state index in [-0.39, 0.29) is 24.3 Å². The van der Waals surface area contributed by atoms with E-state index in [2.05, 4.69) is 11.4 Å². The molecular formula is C26H32Cl2N2O2. The maximum absolute atomic E-state index is 13.5. The zero-order chi connectivity index (χ0) is 23.1. The molecule has 2 aromatic carbocycles. The summed E-state index contributed by atoms with van der Waals surface area (Å²) in [6, 6.07) is 13.0. The van der Waals surface area contributed by atoms with Crippen molar-refractivity contribution in [1.82, 2.24) is 10.2 Å². The van der Waals surface area contributed by atoms with Crippen molar-refractivity contribution in [3.63, 3.8) is 0 Å². The van der Waals surface area contributed by atoms with Crippen molar-refractivity contribution in [2.75, 3.05) is 0 Å². The summed E-state index contributed by atoms with van der Waals surface area (Å²) in [5, 5.41) is 4.09. The van der Waals surface area contributed by atoms with Crippen LogP contribution in [0.3, 0.4) is 0 Å². The van der Waals surface area contributed by atoms with E-state index < -0.39 is 6.04 Å². The zero-order valence-corrected chi connectivity index (χ0v) is 20.4. The molecule has 0 spiro atoms. The number of amides is 2. The fourth-order valence-corrected chi connectivity index (χ4v) is 4.72. The van der Waals surface area contributed by atoms with E-state index in [1.54, 1.807) is 23.1 Å². The Morgan fingerprint density at radius 3 is 2.44 bits per heavy atom. The van der Waals surface area contributed by atoms with Gasteiger partial charge in [-0.1, -0.05) is 85.3 Å². The van der Waals surface area contributed by atoms with Crippen LogP contribution in [0.25, 0.3) is 0 Å². The Morgan fingerprint density at radius 1 is 1.03 bits per heavy atom. The highest BCUT2D eigenvalue weighted by Crippen LogP contribution is 2.24. The highest BCUT2D eigenvalue weighted by atomic mass is 35.5. The van der Waals surface area contributed by atoms with Crippen LogP contribution in [0.15, 0.2) is 42.5 Å². The van der Waals surface area contributed by atoms with Gasteiger partial charge in [0.25, 0.3) is 0 Å². The van der Waals surface area contributed by atoms with Crippen molar-refractivity contribution in [1.29, 1.82) is 0 Å². The third kappa shape index (κ3) is 6.73. The predicted molar refractivity (Wildman–Crippen MR) is 131 cm³/mol. The van der Waals surface area contributed by atoms with Crippen LogP contribution in [-0.2, 0) is 22.6 Å². The second kappa shape index (κ2) is 11.7. The Morgan fingerprint density at radius 2 is 1.78 bits per heavy atom. The standard InChI is InChI=1S/C26H32Cl2N2O2/c1-3-24(26(32)29-21-10-5-4-6-11-21)30(17-20-9-7-8-18(2)14-20)25(31)16-19-12-13-22(27)23(28)15-19/h7-9,12-15,21,24H,3-6,10-11,16-17H2,1-2H3,(H,29,32)/t24-/m0/s1. The Hall–Kier alpha value is -2.04. The van der Waals surface area contributed by atoms with Crippen molar-refractivity contribution in [2.45, 2.75) is 77.4 Å².